The normalized spacial score (nSPS) is 10.8. The predicted octanol–water partition coefficient (Wildman–Crippen LogP) is 6.40. The molecule has 144 valence electrons. The summed E-state index contributed by atoms with van der Waals surface area (Å²) in [6.07, 6.45) is 17.7. The molecule has 0 radical (unpaired) electrons. The van der Waals surface area contributed by atoms with Crippen LogP contribution in [0.4, 0.5) is 0 Å². The Kier molecular flexibility index (Phi) is 21.6. The highest BCUT2D eigenvalue weighted by Crippen LogP contribution is 2.18. The van der Waals surface area contributed by atoms with Crippen molar-refractivity contribution in [3.8, 4) is 6.26 Å². The summed E-state index contributed by atoms with van der Waals surface area (Å²) < 4.78 is 1.44. The van der Waals surface area contributed by atoms with Gasteiger partial charge in [-0.05, 0) is 51.4 Å². The minimum atomic E-state index is 0.750. The fourth-order valence-corrected chi connectivity index (χ4v) is 3.46. The lowest BCUT2D eigenvalue weighted by molar-refractivity contribution is -0.929. The zero-order valence-electron chi connectivity index (χ0n) is 17.2. The molecule has 0 aliphatic heterocycles. The Morgan fingerprint density at radius 2 is 0.792 bits per heavy atom. The molecule has 0 heterocycles. The predicted molar refractivity (Wildman–Crippen MR) is 105 cm³/mol. The van der Waals surface area contributed by atoms with Gasteiger partial charge < -0.3 is 9.59 Å². The van der Waals surface area contributed by atoms with E-state index in [1.807, 2.05) is 0 Å². The molecule has 0 amide bonds. The summed E-state index contributed by atoms with van der Waals surface area (Å²) in [6, 6.07) is 0. The molecule has 0 saturated heterocycles. The number of rotatable bonds is 16. The molecule has 1 N–H and O–H groups in total. The molecule has 0 rings (SSSR count). The van der Waals surface area contributed by atoms with Crippen molar-refractivity contribution in [2.45, 2.75) is 105 Å². The molecule has 0 aromatic heterocycles. The first-order valence-corrected chi connectivity index (χ1v) is 10.5. The largest absolute Gasteiger partial charge is 0.443 e. The monoisotopic (exact) mass is 341 g/mol. The van der Waals surface area contributed by atoms with Crippen molar-refractivity contribution in [1.82, 2.24) is 0 Å². The van der Waals surface area contributed by atoms with Crippen molar-refractivity contribution < 1.29 is 9.59 Å². The van der Waals surface area contributed by atoms with Crippen LogP contribution < -0.4 is 0 Å². The van der Waals surface area contributed by atoms with Crippen LogP contribution in [0.1, 0.15) is 105 Å². The molecule has 0 aromatic rings. The third-order valence-electron chi connectivity index (χ3n) is 4.94. The summed E-state index contributed by atoms with van der Waals surface area (Å²) in [5, 5.41) is 13.8. The van der Waals surface area contributed by atoms with Crippen LogP contribution >= 0.6 is 0 Å². The van der Waals surface area contributed by atoms with Crippen molar-refractivity contribution >= 4 is 0 Å². The number of unbranched alkanes of at least 4 members (excludes halogenated alkanes) is 8. The number of hydrogen-bond donors (Lipinski definition) is 1. The molecule has 0 unspecified atom stereocenters. The SMILES string of the molecule is CCCCC[N+](CCCCC)(CCCCC)CCCCC.N#CO. The Labute approximate surface area is 152 Å². The lowest BCUT2D eigenvalue weighted by Crippen LogP contribution is -2.50. The molecule has 0 aliphatic rings. The van der Waals surface area contributed by atoms with E-state index in [4.69, 9.17) is 10.4 Å². The second-order valence-corrected chi connectivity index (χ2v) is 7.16. The van der Waals surface area contributed by atoms with Gasteiger partial charge in [0.1, 0.15) is 0 Å². The fourth-order valence-electron chi connectivity index (χ4n) is 3.46. The van der Waals surface area contributed by atoms with E-state index in [1.165, 1.54) is 108 Å². The third-order valence-corrected chi connectivity index (χ3v) is 4.94. The number of nitriles is 1. The molecule has 0 saturated carbocycles. The first-order chi connectivity index (χ1) is 11.7. The van der Waals surface area contributed by atoms with Crippen LogP contribution in [0.15, 0.2) is 0 Å². The molecule has 3 nitrogen and oxygen atoms in total. The van der Waals surface area contributed by atoms with Crippen molar-refractivity contribution in [1.29, 1.82) is 5.26 Å². The Bertz CT molecular complexity index is 228. The maximum Gasteiger partial charge on any atom is 0.283 e. The molecular formula is C21H45N2O+. The summed E-state index contributed by atoms with van der Waals surface area (Å²) in [5.74, 6) is 0. The topological polar surface area (TPSA) is 44.0 Å². The zero-order chi connectivity index (χ0) is 18.5. The molecular weight excluding hydrogens is 296 g/mol. The lowest BCUT2D eigenvalue weighted by Gasteiger charge is -2.39. The van der Waals surface area contributed by atoms with Gasteiger partial charge >= 0.3 is 0 Å². The van der Waals surface area contributed by atoms with E-state index < -0.39 is 0 Å². The maximum absolute atomic E-state index is 6.88. The highest BCUT2D eigenvalue weighted by atomic mass is 16.2. The molecule has 0 aromatic carbocycles. The van der Waals surface area contributed by atoms with Crippen LogP contribution in [0.2, 0.25) is 0 Å². The van der Waals surface area contributed by atoms with Gasteiger partial charge in [-0.1, -0.05) is 53.4 Å². The average molecular weight is 342 g/mol. The van der Waals surface area contributed by atoms with E-state index in [1.54, 1.807) is 0 Å². The van der Waals surface area contributed by atoms with E-state index in [2.05, 4.69) is 27.7 Å². The van der Waals surface area contributed by atoms with E-state index >= 15 is 0 Å². The molecule has 0 aliphatic carbocycles. The average Bonchev–Trinajstić information content (AvgIpc) is 2.56. The molecule has 0 atom stereocenters. The highest BCUT2D eigenvalue weighted by molar-refractivity contribution is 4.51. The van der Waals surface area contributed by atoms with Crippen molar-refractivity contribution in [2.75, 3.05) is 26.2 Å². The first kappa shape index (κ1) is 25.5. The molecule has 0 fully saturated rings. The number of aliphatic hydroxyl groups excluding tert-OH is 1. The molecule has 0 bridgehead atoms. The Morgan fingerprint density at radius 3 is 0.958 bits per heavy atom. The molecule has 24 heavy (non-hydrogen) atoms. The second-order valence-electron chi connectivity index (χ2n) is 7.16. The number of aliphatic hydroxyl groups is 1. The summed E-state index contributed by atoms with van der Waals surface area (Å²) in [6.45, 7) is 15.1. The van der Waals surface area contributed by atoms with Gasteiger partial charge in [0.05, 0.1) is 26.2 Å². The Morgan fingerprint density at radius 1 is 0.583 bits per heavy atom. The number of quaternary nitrogens is 1. The lowest BCUT2D eigenvalue weighted by atomic mass is 10.1. The van der Waals surface area contributed by atoms with Gasteiger partial charge in [0.2, 0.25) is 0 Å². The fraction of sp³-hybridized carbons (Fsp3) is 0.952. The number of hydrogen-bond acceptors (Lipinski definition) is 2. The van der Waals surface area contributed by atoms with Gasteiger partial charge in [0.15, 0.2) is 0 Å². The van der Waals surface area contributed by atoms with Gasteiger partial charge in [0.25, 0.3) is 6.26 Å². The van der Waals surface area contributed by atoms with E-state index in [9.17, 15) is 0 Å². The Balaban J connectivity index is 0. The second kappa shape index (κ2) is 20.3. The van der Waals surface area contributed by atoms with E-state index in [-0.39, 0.29) is 0 Å². The van der Waals surface area contributed by atoms with Crippen LogP contribution in [0, 0.1) is 11.5 Å². The zero-order valence-corrected chi connectivity index (χ0v) is 17.2. The van der Waals surface area contributed by atoms with Crippen LogP contribution in [-0.4, -0.2) is 35.8 Å². The van der Waals surface area contributed by atoms with Gasteiger partial charge in [-0.15, -0.1) is 0 Å². The molecule has 3 heteroatoms. The third kappa shape index (κ3) is 16.1. The number of nitrogens with zero attached hydrogens (tertiary/aromatic N) is 2. The molecule has 0 spiro atoms. The van der Waals surface area contributed by atoms with Gasteiger partial charge in [-0.3, -0.25) is 0 Å². The van der Waals surface area contributed by atoms with Crippen molar-refractivity contribution in [3.63, 3.8) is 0 Å². The highest BCUT2D eigenvalue weighted by Gasteiger charge is 2.25. The summed E-state index contributed by atoms with van der Waals surface area (Å²) in [4.78, 5) is 0. The Hall–Kier alpha value is -0.750. The van der Waals surface area contributed by atoms with Gasteiger partial charge in [-0.2, -0.15) is 5.26 Å². The minimum absolute atomic E-state index is 0.750. The smallest absolute Gasteiger partial charge is 0.283 e. The van der Waals surface area contributed by atoms with Crippen LogP contribution in [0.5, 0.6) is 0 Å². The van der Waals surface area contributed by atoms with Crippen LogP contribution in [-0.2, 0) is 0 Å². The first-order valence-electron chi connectivity index (χ1n) is 10.5. The van der Waals surface area contributed by atoms with Gasteiger partial charge in [-0.25, -0.2) is 0 Å². The summed E-state index contributed by atoms with van der Waals surface area (Å²) in [5.41, 5.74) is 0. The van der Waals surface area contributed by atoms with E-state index in [0.29, 0.717) is 0 Å². The minimum Gasteiger partial charge on any atom is -0.443 e. The summed E-state index contributed by atoms with van der Waals surface area (Å²) >= 11 is 0. The van der Waals surface area contributed by atoms with Gasteiger partial charge in [0, 0.05) is 0 Å². The van der Waals surface area contributed by atoms with Crippen molar-refractivity contribution in [3.05, 3.63) is 0 Å². The van der Waals surface area contributed by atoms with E-state index in [0.717, 1.165) is 6.26 Å². The van der Waals surface area contributed by atoms with Crippen LogP contribution in [0.25, 0.3) is 0 Å². The maximum atomic E-state index is 6.88. The standard InChI is InChI=1S/C20H44N.CHNO/c1-5-9-13-17-21(18-14-10-6-2,19-15-11-7-3)20-16-12-8-4;2-1-3/h5-20H2,1-4H3;3H/q+1;. The summed E-state index contributed by atoms with van der Waals surface area (Å²) in [7, 11) is 0. The van der Waals surface area contributed by atoms with Crippen LogP contribution in [0.3, 0.4) is 0 Å². The van der Waals surface area contributed by atoms with Crippen molar-refractivity contribution in [2.24, 2.45) is 0 Å². The quantitative estimate of drug-likeness (QED) is 0.200.